The number of nitrogens with one attached hydrogen (secondary N) is 2. The summed E-state index contributed by atoms with van der Waals surface area (Å²) in [7, 11) is 1.52. The smallest absolute Gasteiger partial charge is 0.329 e. The predicted molar refractivity (Wildman–Crippen MR) is 98.6 cm³/mol. The summed E-state index contributed by atoms with van der Waals surface area (Å²) in [6.07, 6.45) is -0.897. The molecule has 132 valence electrons. The average Bonchev–Trinajstić information content (AvgIpc) is 2.89. The van der Waals surface area contributed by atoms with Gasteiger partial charge < -0.3 is 19.4 Å². The number of nitrogens with zero attached hydrogens (tertiary/aromatic N) is 2. The molecule has 0 saturated carbocycles. The molecule has 0 radical (unpaired) electrons. The van der Waals surface area contributed by atoms with Crippen molar-refractivity contribution in [1.29, 1.82) is 0 Å². The van der Waals surface area contributed by atoms with Gasteiger partial charge in [-0.15, -0.1) is 0 Å². The number of ether oxygens (including phenoxy) is 1. The van der Waals surface area contributed by atoms with Crippen LogP contribution in [0.5, 0.6) is 5.75 Å². The maximum Gasteiger partial charge on any atom is 0.329 e. The van der Waals surface area contributed by atoms with Gasteiger partial charge in [0, 0.05) is 11.5 Å². The van der Waals surface area contributed by atoms with Gasteiger partial charge in [0.05, 0.1) is 6.54 Å². The molecule has 3 rings (SSSR count). The monoisotopic (exact) mass is 426 g/mol. The van der Waals surface area contributed by atoms with E-state index in [1.165, 1.54) is 16.2 Å². The second-order valence-electron chi connectivity index (χ2n) is 5.48. The number of benzene rings is 1. The van der Waals surface area contributed by atoms with E-state index in [9.17, 15) is 14.7 Å². The fourth-order valence-electron chi connectivity index (χ4n) is 2.43. The Morgan fingerprint density at radius 3 is 2.64 bits per heavy atom. The third kappa shape index (κ3) is 3.60. The number of H-pyrrole nitrogens is 2. The standard InChI is InChI=1S/C15H15BrN4O4S/c1-19-12-11(13(22)18-14(19)23)20(15(25)17-12)6-9(21)7-24-10-4-2-8(16)3-5-10/h2-5,9,21H,6-7H2,1H3,(H,17,25)(H,18,22,23)/t9-/m1/s1. The Balaban J connectivity index is 1.83. The Labute approximate surface area is 154 Å². The molecule has 2 aromatic heterocycles. The minimum atomic E-state index is -0.897. The zero-order chi connectivity index (χ0) is 18.1. The molecule has 2 heterocycles. The van der Waals surface area contributed by atoms with Gasteiger partial charge in [-0.25, -0.2) is 4.79 Å². The summed E-state index contributed by atoms with van der Waals surface area (Å²) < 4.78 is 9.41. The van der Waals surface area contributed by atoms with Crippen LogP contribution in [0.1, 0.15) is 0 Å². The zero-order valence-corrected chi connectivity index (χ0v) is 15.6. The summed E-state index contributed by atoms with van der Waals surface area (Å²) in [5.74, 6) is 0.616. The van der Waals surface area contributed by atoms with Crippen molar-refractivity contribution in [3.05, 3.63) is 54.3 Å². The van der Waals surface area contributed by atoms with Crippen LogP contribution in [0.2, 0.25) is 0 Å². The third-order valence-corrected chi connectivity index (χ3v) is 4.54. The maximum absolute atomic E-state index is 12.1. The first kappa shape index (κ1) is 17.6. The van der Waals surface area contributed by atoms with Crippen LogP contribution in [0.4, 0.5) is 0 Å². The highest BCUT2D eigenvalue weighted by Crippen LogP contribution is 2.16. The number of aliphatic hydroxyl groups excluding tert-OH is 1. The van der Waals surface area contributed by atoms with Gasteiger partial charge in [0.15, 0.2) is 10.3 Å². The van der Waals surface area contributed by atoms with Crippen molar-refractivity contribution in [2.24, 2.45) is 7.05 Å². The summed E-state index contributed by atoms with van der Waals surface area (Å²) in [5.41, 5.74) is -0.596. The molecule has 8 nitrogen and oxygen atoms in total. The Kier molecular flexibility index (Phi) is 4.93. The second-order valence-corrected chi connectivity index (χ2v) is 6.78. The summed E-state index contributed by atoms with van der Waals surface area (Å²) >= 11 is 8.54. The average molecular weight is 427 g/mol. The number of imidazole rings is 1. The highest BCUT2D eigenvalue weighted by molar-refractivity contribution is 9.10. The van der Waals surface area contributed by atoms with Gasteiger partial charge in [-0.1, -0.05) is 15.9 Å². The molecule has 3 aromatic rings. The van der Waals surface area contributed by atoms with Gasteiger partial charge in [-0.3, -0.25) is 14.3 Å². The van der Waals surface area contributed by atoms with E-state index >= 15 is 0 Å². The minimum absolute atomic E-state index is 0.0275. The number of aryl methyl sites for hydroxylation is 1. The van der Waals surface area contributed by atoms with E-state index in [2.05, 4.69) is 25.9 Å². The number of aliphatic hydroxyl groups is 1. The maximum atomic E-state index is 12.1. The van der Waals surface area contributed by atoms with Crippen molar-refractivity contribution in [2.45, 2.75) is 12.6 Å². The molecule has 1 atom stereocenters. The fraction of sp³-hybridized carbons (Fsp3) is 0.267. The lowest BCUT2D eigenvalue weighted by molar-refractivity contribution is 0.0930. The van der Waals surface area contributed by atoms with E-state index < -0.39 is 17.4 Å². The molecule has 3 N–H and O–H groups in total. The van der Waals surface area contributed by atoms with Crippen LogP contribution in [0.25, 0.3) is 11.2 Å². The van der Waals surface area contributed by atoms with Crippen molar-refractivity contribution in [1.82, 2.24) is 19.1 Å². The van der Waals surface area contributed by atoms with Crippen LogP contribution < -0.4 is 16.0 Å². The molecule has 0 aliphatic heterocycles. The SMILES string of the molecule is Cn1c(=O)[nH]c(=O)c2c1[nH]c(=S)n2C[C@@H](O)COc1ccc(Br)cc1. The number of aromatic nitrogens is 4. The Hall–Kier alpha value is -2.17. The third-order valence-electron chi connectivity index (χ3n) is 3.69. The van der Waals surface area contributed by atoms with Crippen LogP contribution in [0.3, 0.4) is 0 Å². The molecular formula is C15H15BrN4O4S. The van der Waals surface area contributed by atoms with Gasteiger partial charge in [0.2, 0.25) is 0 Å². The molecule has 0 saturated heterocycles. The number of halogens is 1. The van der Waals surface area contributed by atoms with Gasteiger partial charge in [0.25, 0.3) is 5.56 Å². The zero-order valence-electron chi connectivity index (χ0n) is 13.2. The molecular weight excluding hydrogens is 412 g/mol. The van der Waals surface area contributed by atoms with Crippen molar-refractivity contribution in [2.75, 3.05) is 6.61 Å². The number of hydrogen-bond acceptors (Lipinski definition) is 5. The molecule has 10 heteroatoms. The van der Waals surface area contributed by atoms with Crippen LogP contribution in [-0.2, 0) is 13.6 Å². The first-order valence-electron chi connectivity index (χ1n) is 7.35. The highest BCUT2D eigenvalue weighted by atomic mass is 79.9. The van der Waals surface area contributed by atoms with Crippen LogP contribution >= 0.6 is 28.1 Å². The Morgan fingerprint density at radius 1 is 1.28 bits per heavy atom. The highest BCUT2D eigenvalue weighted by Gasteiger charge is 2.16. The lowest BCUT2D eigenvalue weighted by atomic mass is 10.3. The van der Waals surface area contributed by atoms with E-state index in [4.69, 9.17) is 17.0 Å². The fourth-order valence-corrected chi connectivity index (χ4v) is 2.96. The largest absolute Gasteiger partial charge is 0.491 e. The number of aromatic amines is 2. The second kappa shape index (κ2) is 6.98. The number of fused-ring (bicyclic) bond motifs is 1. The minimum Gasteiger partial charge on any atom is -0.491 e. The van der Waals surface area contributed by atoms with E-state index in [0.29, 0.717) is 11.4 Å². The van der Waals surface area contributed by atoms with Gasteiger partial charge in [0.1, 0.15) is 24.1 Å². The molecule has 25 heavy (non-hydrogen) atoms. The van der Waals surface area contributed by atoms with Crippen molar-refractivity contribution < 1.29 is 9.84 Å². The topological polar surface area (TPSA) is 105 Å². The summed E-state index contributed by atoms with van der Waals surface area (Å²) in [5, 5.41) is 10.2. The first-order valence-corrected chi connectivity index (χ1v) is 8.55. The van der Waals surface area contributed by atoms with Crippen molar-refractivity contribution in [3.8, 4) is 5.75 Å². The summed E-state index contributed by atoms with van der Waals surface area (Å²) in [4.78, 5) is 28.8. The lowest BCUT2D eigenvalue weighted by Crippen LogP contribution is -2.30. The van der Waals surface area contributed by atoms with E-state index in [1.54, 1.807) is 12.1 Å². The van der Waals surface area contributed by atoms with Gasteiger partial charge in [-0.05, 0) is 36.5 Å². The molecule has 0 aliphatic carbocycles. The molecule has 1 aromatic carbocycles. The van der Waals surface area contributed by atoms with Crippen LogP contribution in [0.15, 0.2) is 38.3 Å². The van der Waals surface area contributed by atoms with E-state index in [0.717, 1.165) is 4.47 Å². The van der Waals surface area contributed by atoms with E-state index in [-0.39, 0.29) is 23.4 Å². The predicted octanol–water partition coefficient (Wildman–Crippen LogP) is 1.29. The first-order chi connectivity index (χ1) is 11.9. The molecule has 0 aliphatic rings. The van der Waals surface area contributed by atoms with Crippen molar-refractivity contribution >= 4 is 39.3 Å². The molecule has 0 fully saturated rings. The molecule has 0 amide bonds. The summed E-state index contributed by atoms with van der Waals surface area (Å²) in [6, 6.07) is 7.21. The van der Waals surface area contributed by atoms with Crippen LogP contribution in [0, 0.1) is 4.77 Å². The van der Waals surface area contributed by atoms with Crippen molar-refractivity contribution in [3.63, 3.8) is 0 Å². The number of hydrogen-bond donors (Lipinski definition) is 3. The van der Waals surface area contributed by atoms with Gasteiger partial charge >= 0.3 is 5.69 Å². The van der Waals surface area contributed by atoms with Gasteiger partial charge in [-0.2, -0.15) is 0 Å². The molecule has 0 unspecified atom stereocenters. The summed E-state index contributed by atoms with van der Waals surface area (Å²) in [6.45, 7) is 0.0798. The molecule has 0 bridgehead atoms. The quantitative estimate of drug-likeness (QED) is 0.533. The normalized spacial score (nSPS) is 12.4. The lowest BCUT2D eigenvalue weighted by Gasteiger charge is -2.13. The Morgan fingerprint density at radius 2 is 1.96 bits per heavy atom. The Bertz CT molecular complexity index is 1080. The van der Waals surface area contributed by atoms with Crippen LogP contribution in [-0.4, -0.2) is 36.9 Å². The van der Waals surface area contributed by atoms with E-state index in [1.807, 2.05) is 12.1 Å². The number of rotatable bonds is 5. The molecule has 0 spiro atoms.